The number of aromatic nitrogens is 3. The van der Waals surface area contributed by atoms with E-state index in [0.29, 0.717) is 38.7 Å². The van der Waals surface area contributed by atoms with E-state index in [2.05, 4.69) is 65.7 Å². The van der Waals surface area contributed by atoms with Crippen molar-refractivity contribution in [2.45, 2.75) is 79.8 Å². The van der Waals surface area contributed by atoms with Gasteiger partial charge in [-0.25, -0.2) is 14.8 Å². The fourth-order valence-corrected chi connectivity index (χ4v) is 5.78. The number of ether oxygens (including phenoxy) is 3. The average Bonchev–Trinajstić information content (AvgIpc) is 3.44. The van der Waals surface area contributed by atoms with Gasteiger partial charge in [0, 0.05) is 75.3 Å². The largest absolute Gasteiger partial charge is 0.444 e. The first-order valence-corrected chi connectivity index (χ1v) is 17.1. The van der Waals surface area contributed by atoms with Gasteiger partial charge in [0.25, 0.3) is 0 Å². The molecule has 1 saturated heterocycles. The molecular formula is C35H57N7O4. The molecule has 0 spiro atoms. The molecule has 1 aliphatic heterocycles. The molecule has 0 bridgehead atoms. The summed E-state index contributed by atoms with van der Waals surface area (Å²) in [5.41, 5.74) is 9.32. The Balaban J connectivity index is 1.26. The van der Waals surface area contributed by atoms with Crippen LogP contribution in [0.25, 0.3) is 21.9 Å². The van der Waals surface area contributed by atoms with Crippen LogP contribution >= 0.6 is 0 Å². The molecule has 1 aliphatic rings. The van der Waals surface area contributed by atoms with Crippen molar-refractivity contribution in [3.05, 3.63) is 24.0 Å². The van der Waals surface area contributed by atoms with Crippen molar-refractivity contribution in [3.63, 3.8) is 0 Å². The first kappa shape index (κ1) is 35.7. The molecule has 1 aromatic carbocycles. The fraction of sp³-hybridized carbons (Fsp3) is 0.686. The predicted octanol–water partition coefficient (Wildman–Crippen LogP) is 5.86. The number of piperazine rings is 1. The molecule has 3 N–H and O–H groups in total. The van der Waals surface area contributed by atoms with E-state index < -0.39 is 5.60 Å². The van der Waals surface area contributed by atoms with Gasteiger partial charge < -0.3 is 34.7 Å². The van der Waals surface area contributed by atoms with Crippen LogP contribution in [0.4, 0.5) is 16.3 Å². The molecule has 3 heterocycles. The Hall–Kier alpha value is -3.15. The zero-order chi connectivity index (χ0) is 33.3. The second-order valence-corrected chi connectivity index (χ2v) is 14.3. The molecule has 46 heavy (non-hydrogen) atoms. The molecule has 0 unspecified atom stereocenters. The Kier molecular flexibility index (Phi) is 12.5. The summed E-state index contributed by atoms with van der Waals surface area (Å²) >= 11 is 0. The molecule has 0 aliphatic carbocycles. The minimum atomic E-state index is -0.554. The summed E-state index contributed by atoms with van der Waals surface area (Å²) in [6.45, 7) is 22.2. The molecule has 1 amide bonds. The first-order valence-electron chi connectivity index (χ1n) is 17.1. The number of imidazole rings is 1. The molecule has 0 atom stereocenters. The average molecular weight is 640 g/mol. The molecule has 2 aromatic heterocycles. The maximum absolute atomic E-state index is 13.0. The maximum Gasteiger partial charge on any atom is 0.410 e. The van der Waals surface area contributed by atoms with Crippen molar-refractivity contribution in [3.8, 4) is 0 Å². The number of anilines is 2. The van der Waals surface area contributed by atoms with Gasteiger partial charge in [-0.2, -0.15) is 0 Å². The van der Waals surface area contributed by atoms with Crippen molar-refractivity contribution in [2.75, 3.05) is 82.9 Å². The summed E-state index contributed by atoms with van der Waals surface area (Å²) in [6.07, 6.45) is 3.78. The van der Waals surface area contributed by atoms with Crippen molar-refractivity contribution in [2.24, 2.45) is 5.41 Å². The Bertz CT molecular complexity index is 1410. The number of nitrogens with two attached hydrogens (primary N) is 1. The van der Waals surface area contributed by atoms with E-state index in [0.717, 1.165) is 92.8 Å². The zero-order valence-corrected chi connectivity index (χ0v) is 29.3. The summed E-state index contributed by atoms with van der Waals surface area (Å²) in [7, 11) is 0. The van der Waals surface area contributed by atoms with Gasteiger partial charge in [0.05, 0.1) is 25.3 Å². The lowest BCUT2D eigenvalue weighted by Crippen LogP contribution is -2.47. The highest BCUT2D eigenvalue weighted by Gasteiger charge is 2.29. The van der Waals surface area contributed by atoms with Crippen molar-refractivity contribution < 1.29 is 19.0 Å². The summed E-state index contributed by atoms with van der Waals surface area (Å²) in [5, 5.41) is 1.04. The number of fused-ring (bicyclic) bond motifs is 3. The van der Waals surface area contributed by atoms with Crippen LogP contribution in [0.15, 0.2) is 18.2 Å². The maximum atomic E-state index is 13.0. The third kappa shape index (κ3) is 10.2. The van der Waals surface area contributed by atoms with Crippen LogP contribution < -0.4 is 10.6 Å². The van der Waals surface area contributed by atoms with E-state index in [1.54, 1.807) is 4.90 Å². The fourth-order valence-electron chi connectivity index (χ4n) is 5.78. The van der Waals surface area contributed by atoms with Gasteiger partial charge in [0.15, 0.2) is 0 Å². The lowest BCUT2D eigenvalue weighted by molar-refractivity contribution is -0.00438. The third-order valence-corrected chi connectivity index (χ3v) is 8.16. The highest BCUT2D eigenvalue weighted by atomic mass is 16.6. The smallest absolute Gasteiger partial charge is 0.410 e. The normalized spacial score (nSPS) is 14.8. The predicted molar refractivity (Wildman–Crippen MR) is 187 cm³/mol. The Labute approximate surface area is 275 Å². The number of amides is 1. The minimum absolute atomic E-state index is 0.192. The first-order chi connectivity index (χ1) is 21.9. The van der Waals surface area contributed by atoms with E-state index in [1.165, 1.54) is 5.69 Å². The van der Waals surface area contributed by atoms with E-state index >= 15 is 0 Å². The van der Waals surface area contributed by atoms with Crippen LogP contribution in [0.5, 0.6) is 0 Å². The Morgan fingerprint density at radius 1 is 1.00 bits per heavy atom. The molecule has 256 valence electrons. The SMILES string of the molecule is CCCCc1nc2c([nH]1)c(N)nc1ccc(N3CCN(CCOCCN(CC(C)(C)COCCC)C(=O)OC(C)(C)C)CC3)cc12. The van der Waals surface area contributed by atoms with Crippen LogP contribution in [-0.2, 0) is 20.6 Å². The van der Waals surface area contributed by atoms with Crippen molar-refractivity contribution in [1.82, 2.24) is 24.8 Å². The van der Waals surface area contributed by atoms with Crippen LogP contribution in [0, 0.1) is 5.41 Å². The van der Waals surface area contributed by atoms with Crippen LogP contribution in [0.3, 0.4) is 0 Å². The van der Waals surface area contributed by atoms with Crippen molar-refractivity contribution in [1.29, 1.82) is 0 Å². The van der Waals surface area contributed by atoms with E-state index in [9.17, 15) is 4.79 Å². The van der Waals surface area contributed by atoms with E-state index in [4.69, 9.17) is 24.9 Å². The number of nitrogens with zero attached hydrogens (tertiary/aromatic N) is 5. The Morgan fingerprint density at radius 2 is 1.76 bits per heavy atom. The second-order valence-electron chi connectivity index (χ2n) is 14.3. The van der Waals surface area contributed by atoms with Gasteiger partial charge in [0.2, 0.25) is 0 Å². The summed E-state index contributed by atoms with van der Waals surface area (Å²) in [4.78, 5) is 32.6. The highest BCUT2D eigenvalue weighted by Crippen LogP contribution is 2.30. The third-order valence-electron chi connectivity index (χ3n) is 8.16. The highest BCUT2D eigenvalue weighted by molar-refractivity contribution is 6.07. The topological polar surface area (TPSA) is 122 Å². The number of hydrogen-bond acceptors (Lipinski definition) is 9. The summed E-state index contributed by atoms with van der Waals surface area (Å²) in [6, 6.07) is 6.40. The molecule has 11 heteroatoms. The van der Waals surface area contributed by atoms with E-state index in [-0.39, 0.29) is 11.5 Å². The zero-order valence-electron chi connectivity index (χ0n) is 29.3. The minimum Gasteiger partial charge on any atom is -0.444 e. The second kappa shape index (κ2) is 16.1. The van der Waals surface area contributed by atoms with Gasteiger partial charge in [-0.3, -0.25) is 4.90 Å². The molecule has 1 fully saturated rings. The van der Waals surface area contributed by atoms with Gasteiger partial charge in [-0.05, 0) is 51.8 Å². The summed E-state index contributed by atoms with van der Waals surface area (Å²) < 4.78 is 17.5. The number of hydrogen-bond donors (Lipinski definition) is 2. The number of unbranched alkanes of at least 4 members (excludes halogenated alkanes) is 1. The number of pyridine rings is 1. The monoisotopic (exact) mass is 639 g/mol. The summed E-state index contributed by atoms with van der Waals surface area (Å²) in [5.74, 6) is 1.47. The molecule has 3 aromatic rings. The molecular weight excluding hydrogens is 582 g/mol. The number of nitrogens with one attached hydrogen (secondary N) is 1. The van der Waals surface area contributed by atoms with Crippen LogP contribution in [0.1, 0.15) is 73.6 Å². The van der Waals surface area contributed by atoms with Gasteiger partial charge in [-0.15, -0.1) is 0 Å². The molecule has 0 saturated carbocycles. The number of carbonyl (C=O) groups excluding carboxylic acids is 1. The van der Waals surface area contributed by atoms with Gasteiger partial charge >= 0.3 is 6.09 Å². The number of nitrogen functional groups attached to an aromatic ring is 1. The van der Waals surface area contributed by atoms with Crippen molar-refractivity contribution >= 4 is 39.5 Å². The number of H-pyrrole nitrogens is 1. The lowest BCUT2D eigenvalue weighted by atomic mass is 9.94. The number of carbonyl (C=O) groups is 1. The number of benzene rings is 1. The Morgan fingerprint density at radius 3 is 2.46 bits per heavy atom. The molecule has 4 rings (SSSR count). The lowest BCUT2D eigenvalue weighted by Gasteiger charge is -2.36. The van der Waals surface area contributed by atoms with Gasteiger partial charge in [-0.1, -0.05) is 34.1 Å². The number of aryl methyl sites for hydroxylation is 1. The van der Waals surface area contributed by atoms with Crippen LogP contribution in [-0.4, -0.2) is 109 Å². The number of aromatic amines is 1. The quantitative estimate of drug-likeness (QED) is 0.186. The van der Waals surface area contributed by atoms with Crippen LogP contribution in [0.2, 0.25) is 0 Å². The van der Waals surface area contributed by atoms with E-state index in [1.807, 2.05) is 20.8 Å². The molecule has 0 radical (unpaired) electrons. The molecule has 11 nitrogen and oxygen atoms in total. The van der Waals surface area contributed by atoms with Gasteiger partial charge in [0.1, 0.15) is 28.3 Å². The standard InChI is InChI=1S/C35H57N7O4/c1-8-10-11-29-38-30-27-23-26(12-13-28(27)37-32(36)31(30)39-29)41-16-14-40(15-17-41)18-21-44-22-19-42(33(43)46-34(3,4)5)24-35(6,7)25-45-20-9-2/h12-13,23H,8-11,14-22,24-25H2,1-7H3,(H2,36,37)(H,38,39). The number of rotatable bonds is 16.